The van der Waals surface area contributed by atoms with Gasteiger partial charge >= 0.3 is 0 Å². The Morgan fingerprint density at radius 3 is 2.74 bits per heavy atom. The van der Waals surface area contributed by atoms with Gasteiger partial charge in [-0.05, 0) is 34.5 Å². The fourth-order valence-electron chi connectivity index (χ4n) is 2.28. The molecule has 2 nitrogen and oxygen atoms in total. The summed E-state index contributed by atoms with van der Waals surface area (Å²) in [5, 5.41) is 13.6. The molecule has 0 spiro atoms. The van der Waals surface area contributed by atoms with Crippen molar-refractivity contribution in [2.75, 3.05) is 0 Å². The molecule has 3 heteroatoms. The summed E-state index contributed by atoms with van der Waals surface area (Å²) in [6, 6.07) is 14.1. The summed E-state index contributed by atoms with van der Waals surface area (Å²) < 4.78 is 1.28. The highest BCUT2D eigenvalue weighted by Gasteiger charge is 2.11. The number of hydrogen-bond donors (Lipinski definition) is 1. The van der Waals surface area contributed by atoms with Crippen LogP contribution in [-0.2, 0) is 12.8 Å². The Bertz CT molecular complexity index is 663. The summed E-state index contributed by atoms with van der Waals surface area (Å²) in [4.78, 5) is 4.25. The van der Waals surface area contributed by atoms with E-state index in [1.54, 1.807) is 17.5 Å². The Balaban J connectivity index is 1.74. The van der Waals surface area contributed by atoms with Gasteiger partial charge in [-0.15, -0.1) is 11.3 Å². The summed E-state index contributed by atoms with van der Waals surface area (Å²) in [5.41, 5.74) is 2.17. The third-order valence-corrected chi connectivity index (χ3v) is 4.20. The Morgan fingerprint density at radius 1 is 1.05 bits per heavy atom. The fourth-order valence-corrected chi connectivity index (χ4v) is 3.25. The van der Waals surface area contributed by atoms with Gasteiger partial charge in [0.15, 0.2) is 0 Å². The molecule has 0 saturated carbocycles. The average Bonchev–Trinajstić information content (AvgIpc) is 2.83. The van der Waals surface area contributed by atoms with Crippen LogP contribution in [0.4, 0.5) is 0 Å². The number of thiophene rings is 1. The Labute approximate surface area is 116 Å². The summed E-state index contributed by atoms with van der Waals surface area (Å²) in [5.74, 6) is 0. The van der Waals surface area contributed by atoms with Crippen LogP contribution in [0.5, 0.6) is 0 Å². The summed E-state index contributed by atoms with van der Waals surface area (Å²) in [6.45, 7) is 0. The highest BCUT2D eigenvalue weighted by molar-refractivity contribution is 7.17. The third kappa shape index (κ3) is 2.83. The molecule has 1 N–H and O–H groups in total. The van der Waals surface area contributed by atoms with Gasteiger partial charge in [-0.3, -0.25) is 4.98 Å². The van der Waals surface area contributed by atoms with Gasteiger partial charge in [-0.25, -0.2) is 0 Å². The molecule has 1 atom stereocenters. The van der Waals surface area contributed by atoms with E-state index in [0.29, 0.717) is 12.8 Å². The van der Waals surface area contributed by atoms with Crippen molar-refractivity contribution in [2.45, 2.75) is 18.9 Å². The lowest BCUT2D eigenvalue weighted by Crippen LogP contribution is -2.14. The zero-order chi connectivity index (χ0) is 13.1. The van der Waals surface area contributed by atoms with Crippen LogP contribution in [0.3, 0.4) is 0 Å². The number of aliphatic hydroxyl groups excluding tert-OH is 1. The van der Waals surface area contributed by atoms with E-state index >= 15 is 0 Å². The number of benzene rings is 1. The van der Waals surface area contributed by atoms with E-state index in [9.17, 15) is 5.11 Å². The molecule has 0 aliphatic heterocycles. The standard InChI is InChI=1S/C16H15NOS/c18-14(10-13-5-3-4-8-17-13)9-12-11-19-16-7-2-1-6-15(12)16/h1-8,11,14,18H,9-10H2. The van der Waals surface area contributed by atoms with Crippen molar-refractivity contribution in [3.05, 3.63) is 65.3 Å². The van der Waals surface area contributed by atoms with E-state index in [-0.39, 0.29) is 6.10 Å². The first-order valence-corrected chi connectivity index (χ1v) is 7.24. The Hall–Kier alpha value is -1.71. The first-order valence-electron chi connectivity index (χ1n) is 6.36. The molecule has 1 aromatic carbocycles. The second kappa shape index (κ2) is 5.51. The molecular formula is C16H15NOS. The third-order valence-electron chi connectivity index (χ3n) is 3.19. The number of rotatable bonds is 4. The number of fused-ring (bicyclic) bond motifs is 1. The lowest BCUT2D eigenvalue weighted by molar-refractivity contribution is 0.174. The molecule has 3 aromatic rings. The predicted molar refractivity (Wildman–Crippen MR) is 79.5 cm³/mol. The topological polar surface area (TPSA) is 33.1 Å². The molecule has 0 aliphatic rings. The first kappa shape index (κ1) is 12.3. The minimum absolute atomic E-state index is 0.382. The summed E-state index contributed by atoms with van der Waals surface area (Å²) in [7, 11) is 0. The maximum absolute atomic E-state index is 10.2. The van der Waals surface area contributed by atoms with Crippen molar-refractivity contribution in [1.29, 1.82) is 0 Å². The molecule has 0 bridgehead atoms. The van der Waals surface area contributed by atoms with Crippen LogP contribution in [0.1, 0.15) is 11.3 Å². The van der Waals surface area contributed by atoms with Crippen molar-refractivity contribution in [1.82, 2.24) is 4.98 Å². The zero-order valence-electron chi connectivity index (χ0n) is 10.5. The predicted octanol–water partition coefficient (Wildman–Crippen LogP) is 3.44. The van der Waals surface area contributed by atoms with E-state index in [1.165, 1.54) is 15.6 Å². The van der Waals surface area contributed by atoms with Crippen LogP contribution in [-0.4, -0.2) is 16.2 Å². The lowest BCUT2D eigenvalue weighted by Gasteiger charge is -2.09. The van der Waals surface area contributed by atoms with E-state index in [4.69, 9.17) is 0 Å². The maximum Gasteiger partial charge on any atom is 0.0636 e. The smallest absolute Gasteiger partial charge is 0.0636 e. The molecule has 3 rings (SSSR count). The molecule has 0 aliphatic carbocycles. The van der Waals surface area contributed by atoms with Gasteiger partial charge in [0, 0.05) is 29.4 Å². The van der Waals surface area contributed by atoms with Gasteiger partial charge in [-0.1, -0.05) is 24.3 Å². The number of nitrogens with zero attached hydrogens (tertiary/aromatic N) is 1. The molecule has 96 valence electrons. The van der Waals surface area contributed by atoms with Gasteiger partial charge in [0.05, 0.1) is 6.10 Å². The lowest BCUT2D eigenvalue weighted by atomic mass is 10.0. The molecular weight excluding hydrogens is 254 g/mol. The maximum atomic E-state index is 10.2. The van der Waals surface area contributed by atoms with Crippen LogP contribution in [0.2, 0.25) is 0 Å². The van der Waals surface area contributed by atoms with Crippen molar-refractivity contribution in [3.8, 4) is 0 Å². The van der Waals surface area contributed by atoms with Gasteiger partial charge < -0.3 is 5.11 Å². The van der Waals surface area contributed by atoms with Crippen molar-refractivity contribution in [2.24, 2.45) is 0 Å². The van der Waals surface area contributed by atoms with Crippen molar-refractivity contribution >= 4 is 21.4 Å². The number of aromatic nitrogens is 1. The van der Waals surface area contributed by atoms with Crippen molar-refractivity contribution in [3.63, 3.8) is 0 Å². The molecule has 2 aromatic heterocycles. The second-order valence-corrected chi connectivity index (χ2v) is 5.55. The van der Waals surface area contributed by atoms with Crippen LogP contribution in [0.15, 0.2) is 54.0 Å². The summed E-state index contributed by atoms with van der Waals surface area (Å²) >= 11 is 1.74. The zero-order valence-corrected chi connectivity index (χ0v) is 11.3. The van der Waals surface area contributed by atoms with E-state index in [0.717, 1.165) is 5.69 Å². The van der Waals surface area contributed by atoms with Gasteiger partial charge in [0.1, 0.15) is 0 Å². The van der Waals surface area contributed by atoms with E-state index in [1.807, 2.05) is 30.3 Å². The Morgan fingerprint density at radius 2 is 1.89 bits per heavy atom. The molecule has 2 heterocycles. The van der Waals surface area contributed by atoms with Crippen LogP contribution < -0.4 is 0 Å². The highest BCUT2D eigenvalue weighted by Crippen LogP contribution is 2.26. The summed E-state index contributed by atoms with van der Waals surface area (Å²) in [6.07, 6.45) is 2.67. The van der Waals surface area contributed by atoms with Crippen LogP contribution in [0, 0.1) is 0 Å². The molecule has 0 radical (unpaired) electrons. The van der Waals surface area contributed by atoms with E-state index < -0.39 is 0 Å². The Kier molecular flexibility index (Phi) is 3.58. The molecule has 1 unspecified atom stereocenters. The molecule has 0 fully saturated rings. The van der Waals surface area contributed by atoms with Crippen LogP contribution >= 0.6 is 11.3 Å². The molecule has 0 saturated heterocycles. The molecule has 0 amide bonds. The van der Waals surface area contributed by atoms with Crippen molar-refractivity contribution < 1.29 is 5.11 Å². The average molecular weight is 269 g/mol. The normalized spacial score (nSPS) is 12.7. The monoisotopic (exact) mass is 269 g/mol. The van der Waals surface area contributed by atoms with Crippen LogP contribution in [0.25, 0.3) is 10.1 Å². The number of aliphatic hydroxyl groups is 1. The van der Waals surface area contributed by atoms with Gasteiger partial charge in [-0.2, -0.15) is 0 Å². The number of pyridine rings is 1. The largest absolute Gasteiger partial charge is 0.392 e. The minimum atomic E-state index is -0.382. The molecule has 19 heavy (non-hydrogen) atoms. The van der Waals surface area contributed by atoms with Gasteiger partial charge in [0.2, 0.25) is 0 Å². The van der Waals surface area contributed by atoms with E-state index in [2.05, 4.69) is 22.5 Å². The number of hydrogen-bond acceptors (Lipinski definition) is 3. The van der Waals surface area contributed by atoms with Gasteiger partial charge in [0.25, 0.3) is 0 Å². The highest BCUT2D eigenvalue weighted by atomic mass is 32.1. The minimum Gasteiger partial charge on any atom is -0.392 e. The second-order valence-electron chi connectivity index (χ2n) is 4.64. The first-order chi connectivity index (χ1) is 9.33. The fraction of sp³-hybridized carbons (Fsp3) is 0.188. The quantitative estimate of drug-likeness (QED) is 0.787. The SMILES string of the molecule is OC(Cc1ccccn1)Cc1csc2ccccc12.